The molecule has 0 aliphatic rings. The zero-order chi connectivity index (χ0) is 21.9. The van der Waals surface area contributed by atoms with Gasteiger partial charge in [-0.3, -0.25) is 4.79 Å². The average Bonchev–Trinajstić information content (AvgIpc) is 2.82. The number of aromatic hydroxyl groups is 1. The van der Waals surface area contributed by atoms with Gasteiger partial charge in [0.1, 0.15) is 6.10 Å². The number of amides is 1. The molecule has 0 unspecified atom stereocenters. The molecule has 0 saturated heterocycles. The lowest BCUT2D eigenvalue weighted by Crippen LogP contribution is -2.23. The van der Waals surface area contributed by atoms with Crippen molar-refractivity contribution < 1.29 is 19.4 Å². The molecule has 0 radical (unpaired) electrons. The van der Waals surface area contributed by atoms with Gasteiger partial charge in [-0.2, -0.15) is 0 Å². The Balaban J connectivity index is 1.46. The number of nitrogens with one attached hydrogen (secondary N) is 1. The van der Waals surface area contributed by atoms with Crippen LogP contribution in [0, 0.1) is 0 Å². The summed E-state index contributed by atoms with van der Waals surface area (Å²) in [7, 11) is 1.48. The number of carbonyl (C=O) groups is 1. The fourth-order valence-electron chi connectivity index (χ4n) is 3.15. The highest BCUT2D eigenvalue weighted by Crippen LogP contribution is 2.27. The molecule has 3 rings (SSSR count). The number of hydrogen-bond donors (Lipinski definition) is 2. The summed E-state index contributed by atoms with van der Waals surface area (Å²) in [5.74, 6) is 0.245. The van der Waals surface area contributed by atoms with Gasteiger partial charge >= 0.3 is 0 Å². The van der Waals surface area contributed by atoms with E-state index in [1.165, 1.54) is 19.3 Å². The second-order valence-electron chi connectivity index (χ2n) is 6.98. The van der Waals surface area contributed by atoms with Crippen molar-refractivity contribution in [2.45, 2.75) is 12.5 Å². The second kappa shape index (κ2) is 11.6. The molecule has 5 nitrogen and oxygen atoms in total. The fraction of sp³-hybridized carbons (Fsp3) is 0.192. The Morgan fingerprint density at radius 3 is 2.26 bits per heavy atom. The maximum absolute atomic E-state index is 12.1. The smallest absolute Gasteiger partial charge is 0.244 e. The SMILES string of the molecule is COc1cc(C=CC(=O)NCCCOC(c2ccccc2)c2ccccc2)ccc1O. The van der Waals surface area contributed by atoms with Gasteiger partial charge in [-0.1, -0.05) is 66.7 Å². The molecule has 0 atom stereocenters. The number of carbonyl (C=O) groups excluding carboxylic acids is 1. The highest BCUT2D eigenvalue weighted by molar-refractivity contribution is 5.91. The van der Waals surface area contributed by atoms with Gasteiger partial charge in [0.2, 0.25) is 5.91 Å². The van der Waals surface area contributed by atoms with Gasteiger partial charge in [-0.25, -0.2) is 0 Å². The molecule has 0 aliphatic heterocycles. The standard InChI is InChI=1S/C26H27NO4/c1-30-24-19-20(13-15-23(24)28)14-16-25(29)27-17-8-18-31-26(21-9-4-2-5-10-21)22-11-6-3-7-12-22/h2-7,9-16,19,26,28H,8,17-18H2,1H3,(H,27,29). The summed E-state index contributed by atoms with van der Waals surface area (Å²) in [6.07, 6.45) is 3.70. The highest BCUT2D eigenvalue weighted by Gasteiger charge is 2.13. The molecule has 5 heteroatoms. The second-order valence-corrected chi connectivity index (χ2v) is 6.98. The summed E-state index contributed by atoms with van der Waals surface area (Å²) in [5.41, 5.74) is 2.97. The predicted octanol–water partition coefficient (Wildman–Crippen LogP) is 4.73. The van der Waals surface area contributed by atoms with E-state index in [1.807, 2.05) is 36.4 Å². The number of methoxy groups -OCH3 is 1. The number of benzene rings is 3. The summed E-state index contributed by atoms with van der Waals surface area (Å²) >= 11 is 0. The maximum Gasteiger partial charge on any atom is 0.244 e. The third-order valence-corrected chi connectivity index (χ3v) is 4.74. The molecule has 2 N–H and O–H groups in total. The van der Waals surface area contributed by atoms with Crippen LogP contribution in [0.4, 0.5) is 0 Å². The summed E-state index contributed by atoms with van der Waals surface area (Å²) in [5, 5.41) is 12.5. The van der Waals surface area contributed by atoms with Gasteiger partial charge in [0.15, 0.2) is 11.5 Å². The lowest BCUT2D eigenvalue weighted by molar-refractivity contribution is -0.116. The molecule has 0 aromatic heterocycles. The molecule has 1 amide bonds. The highest BCUT2D eigenvalue weighted by atomic mass is 16.5. The van der Waals surface area contributed by atoms with Crippen molar-refractivity contribution in [1.29, 1.82) is 0 Å². The first-order valence-electron chi connectivity index (χ1n) is 10.2. The van der Waals surface area contributed by atoms with Crippen molar-refractivity contribution in [3.05, 3.63) is 102 Å². The number of hydrogen-bond acceptors (Lipinski definition) is 4. The van der Waals surface area contributed by atoms with Crippen LogP contribution in [0.15, 0.2) is 84.9 Å². The number of ether oxygens (including phenoxy) is 2. The molecule has 3 aromatic carbocycles. The van der Waals surface area contributed by atoms with E-state index in [1.54, 1.807) is 18.2 Å². The van der Waals surface area contributed by atoms with Crippen molar-refractivity contribution in [2.24, 2.45) is 0 Å². The van der Waals surface area contributed by atoms with Crippen molar-refractivity contribution in [2.75, 3.05) is 20.3 Å². The third kappa shape index (κ3) is 6.73. The van der Waals surface area contributed by atoms with Gasteiger partial charge in [-0.05, 0) is 41.3 Å². The van der Waals surface area contributed by atoms with Crippen molar-refractivity contribution in [3.8, 4) is 11.5 Å². The number of phenols is 1. The van der Waals surface area contributed by atoms with Crippen LogP contribution in [0.2, 0.25) is 0 Å². The first kappa shape index (κ1) is 22.1. The number of rotatable bonds is 10. The zero-order valence-electron chi connectivity index (χ0n) is 17.5. The van der Waals surface area contributed by atoms with Crippen LogP contribution in [0.25, 0.3) is 6.08 Å². The molecule has 0 bridgehead atoms. The van der Waals surface area contributed by atoms with Crippen LogP contribution in [-0.4, -0.2) is 31.3 Å². The van der Waals surface area contributed by atoms with Crippen LogP contribution < -0.4 is 10.1 Å². The van der Waals surface area contributed by atoms with Gasteiger partial charge in [0.05, 0.1) is 7.11 Å². The molecule has 31 heavy (non-hydrogen) atoms. The van der Waals surface area contributed by atoms with Gasteiger partial charge in [-0.15, -0.1) is 0 Å². The van der Waals surface area contributed by atoms with E-state index in [2.05, 4.69) is 29.6 Å². The van der Waals surface area contributed by atoms with Crippen LogP contribution in [-0.2, 0) is 9.53 Å². The van der Waals surface area contributed by atoms with E-state index in [0.29, 0.717) is 25.3 Å². The number of phenolic OH excluding ortho intramolecular Hbond substituents is 1. The minimum absolute atomic E-state index is 0.0633. The van der Waals surface area contributed by atoms with Crippen LogP contribution in [0.3, 0.4) is 0 Å². The Kier molecular flexibility index (Phi) is 8.26. The van der Waals surface area contributed by atoms with E-state index < -0.39 is 0 Å². The largest absolute Gasteiger partial charge is 0.504 e. The summed E-state index contributed by atoms with van der Waals surface area (Å²) < 4.78 is 11.2. The van der Waals surface area contributed by atoms with E-state index in [0.717, 1.165) is 16.7 Å². The normalized spacial score (nSPS) is 11.0. The minimum atomic E-state index is -0.185. The molecular weight excluding hydrogens is 390 g/mol. The quantitative estimate of drug-likeness (QED) is 0.370. The summed E-state index contributed by atoms with van der Waals surface area (Å²) in [6.45, 7) is 1.03. The molecule has 160 valence electrons. The lowest BCUT2D eigenvalue weighted by Gasteiger charge is -2.19. The van der Waals surface area contributed by atoms with E-state index >= 15 is 0 Å². The van der Waals surface area contributed by atoms with Crippen molar-refractivity contribution >= 4 is 12.0 Å². The van der Waals surface area contributed by atoms with E-state index in [4.69, 9.17) is 9.47 Å². The van der Waals surface area contributed by atoms with E-state index in [-0.39, 0.29) is 17.8 Å². The topological polar surface area (TPSA) is 67.8 Å². The molecule has 0 heterocycles. The Hall–Kier alpha value is -3.57. The third-order valence-electron chi connectivity index (χ3n) is 4.74. The summed E-state index contributed by atoms with van der Waals surface area (Å²) in [6, 6.07) is 25.1. The first-order chi connectivity index (χ1) is 15.2. The molecule has 0 saturated carbocycles. The van der Waals surface area contributed by atoms with Crippen LogP contribution >= 0.6 is 0 Å². The fourth-order valence-corrected chi connectivity index (χ4v) is 3.15. The molecule has 3 aromatic rings. The average molecular weight is 418 g/mol. The monoisotopic (exact) mass is 417 g/mol. The van der Waals surface area contributed by atoms with Crippen molar-refractivity contribution in [3.63, 3.8) is 0 Å². The van der Waals surface area contributed by atoms with Crippen molar-refractivity contribution in [1.82, 2.24) is 5.32 Å². The Bertz CT molecular complexity index is 947. The van der Waals surface area contributed by atoms with Gasteiger partial charge in [0.25, 0.3) is 0 Å². The Morgan fingerprint density at radius 1 is 1.00 bits per heavy atom. The zero-order valence-corrected chi connectivity index (χ0v) is 17.5. The Labute approximate surface area is 183 Å². The molecule has 0 spiro atoms. The summed E-state index contributed by atoms with van der Waals surface area (Å²) in [4.78, 5) is 12.1. The molecule has 0 aliphatic carbocycles. The first-order valence-corrected chi connectivity index (χ1v) is 10.2. The Morgan fingerprint density at radius 2 is 1.65 bits per heavy atom. The predicted molar refractivity (Wildman–Crippen MR) is 122 cm³/mol. The van der Waals surface area contributed by atoms with Crippen LogP contribution in [0.1, 0.15) is 29.2 Å². The molecule has 0 fully saturated rings. The van der Waals surface area contributed by atoms with Crippen LogP contribution in [0.5, 0.6) is 11.5 Å². The molecular formula is C26H27NO4. The minimum Gasteiger partial charge on any atom is -0.504 e. The maximum atomic E-state index is 12.1. The van der Waals surface area contributed by atoms with E-state index in [9.17, 15) is 9.90 Å². The van der Waals surface area contributed by atoms with Gasteiger partial charge in [0, 0.05) is 19.2 Å². The lowest BCUT2D eigenvalue weighted by atomic mass is 10.0. The van der Waals surface area contributed by atoms with Gasteiger partial charge < -0.3 is 19.9 Å².